The van der Waals surface area contributed by atoms with Crippen molar-refractivity contribution in [2.45, 2.75) is 13.5 Å². The summed E-state index contributed by atoms with van der Waals surface area (Å²) in [5, 5.41) is 7.72. The van der Waals surface area contributed by atoms with Crippen molar-refractivity contribution in [3.8, 4) is 0 Å². The first-order chi connectivity index (χ1) is 6.75. The molecule has 80 valence electrons. The molecule has 1 N–H and O–H groups in total. The highest BCUT2D eigenvalue weighted by molar-refractivity contribution is 8.93. The fourth-order valence-electron chi connectivity index (χ4n) is 1.41. The van der Waals surface area contributed by atoms with Crippen LogP contribution in [0.25, 0.3) is 0 Å². The minimum absolute atomic E-state index is 0. The van der Waals surface area contributed by atoms with Gasteiger partial charge in [-0.25, -0.2) is 0 Å². The Kier molecular flexibility index (Phi) is 4.29. The number of hydrogen-bond donors (Lipinski definition) is 1. The smallest absolute Gasteiger partial charge is 0.182 e. The maximum absolute atomic E-state index is 7.72. The van der Waals surface area contributed by atoms with Gasteiger partial charge in [0.15, 0.2) is 4.80 Å². The second kappa shape index (κ2) is 5.28. The number of thiazole rings is 1. The summed E-state index contributed by atoms with van der Waals surface area (Å²) in [5.74, 6) is 0. The van der Waals surface area contributed by atoms with Crippen molar-refractivity contribution in [2.24, 2.45) is 0 Å². The highest BCUT2D eigenvalue weighted by Gasteiger charge is 1.98. The Labute approximate surface area is 103 Å². The van der Waals surface area contributed by atoms with Gasteiger partial charge in [-0.15, -0.1) is 28.3 Å². The van der Waals surface area contributed by atoms with E-state index in [1.807, 2.05) is 35.9 Å². The molecular formula is C11H13BrN2S. The quantitative estimate of drug-likeness (QED) is 0.879. The standard InChI is InChI=1S/C11H12N2S.BrH/c1-9-7-13(11(12)14-9)8-10-5-3-2-4-6-10;/h2-7,12H,8H2,1H3;1H. The number of aryl methyl sites for hydroxylation is 1. The van der Waals surface area contributed by atoms with Gasteiger partial charge in [0.25, 0.3) is 0 Å². The second-order valence-corrected chi connectivity index (χ2v) is 4.50. The average molecular weight is 285 g/mol. The van der Waals surface area contributed by atoms with Crippen LogP contribution in [0, 0.1) is 12.3 Å². The van der Waals surface area contributed by atoms with Gasteiger partial charge in [0.05, 0.1) is 0 Å². The van der Waals surface area contributed by atoms with Gasteiger partial charge in [-0.3, -0.25) is 5.41 Å². The van der Waals surface area contributed by atoms with Gasteiger partial charge in [-0.1, -0.05) is 30.3 Å². The predicted octanol–water partition coefficient (Wildman–Crippen LogP) is 2.96. The van der Waals surface area contributed by atoms with Gasteiger partial charge in [0.2, 0.25) is 0 Å². The van der Waals surface area contributed by atoms with Crippen molar-refractivity contribution in [1.29, 1.82) is 5.41 Å². The number of rotatable bonds is 2. The van der Waals surface area contributed by atoms with Crippen LogP contribution in [0.3, 0.4) is 0 Å². The molecule has 0 amide bonds. The molecule has 2 nitrogen and oxygen atoms in total. The van der Waals surface area contributed by atoms with Crippen molar-refractivity contribution in [3.63, 3.8) is 0 Å². The minimum atomic E-state index is 0. The van der Waals surface area contributed by atoms with Crippen LogP contribution >= 0.6 is 28.3 Å². The number of nitrogens with zero attached hydrogens (tertiary/aromatic N) is 1. The van der Waals surface area contributed by atoms with Crippen LogP contribution < -0.4 is 4.80 Å². The van der Waals surface area contributed by atoms with E-state index in [0.717, 1.165) is 6.54 Å². The van der Waals surface area contributed by atoms with Gasteiger partial charge in [0.1, 0.15) is 0 Å². The number of hydrogen-bond acceptors (Lipinski definition) is 2. The van der Waals surface area contributed by atoms with Gasteiger partial charge in [0, 0.05) is 17.6 Å². The van der Waals surface area contributed by atoms with Crippen LogP contribution in [-0.4, -0.2) is 4.57 Å². The summed E-state index contributed by atoms with van der Waals surface area (Å²) in [7, 11) is 0. The van der Waals surface area contributed by atoms with E-state index in [1.165, 1.54) is 21.8 Å². The first-order valence-electron chi connectivity index (χ1n) is 4.51. The molecule has 2 rings (SSSR count). The van der Waals surface area contributed by atoms with E-state index in [-0.39, 0.29) is 17.0 Å². The Bertz CT molecular complexity index is 473. The second-order valence-electron chi connectivity index (χ2n) is 3.26. The van der Waals surface area contributed by atoms with Crippen LogP contribution in [0.5, 0.6) is 0 Å². The third kappa shape index (κ3) is 3.04. The van der Waals surface area contributed by atoms with Gasteiger partial charge >= 0.3 is 0 Å². The molecule has 15 heavy (non-hydrogen) atoms. The Hall–Kier alpha value is -0.870. The molecule has 4 heteroatoms. The fraction of sp³-hybridized carbons (Fsp3) is 0.182. The maximum atomic E-state index is 7.72. The third-order valence-corrected chi connectivity index (χ3v) is 2.91. The molecule has 0 fully saturated rings. The highest BCUT2D eigenvalue weighted by atomic mass is 79.9. The first-order valence-corrected chi connectivity index (χ1v) is 5.33. The Morgan fingerprint density at radius 1 is 1.27 bits per heavy atom. The molecule has 0 atom stereocenters. The zero-order valence-electron chi connectivity index (χ0n) is 8.43. The molecule has 0 aliphatic heterocycles. The zero-order valence-corrected chi connectivity index (χ0v) is 11.0. The first kappa shape index (κ1) is 12.2. The number of aromatic nitrogens is 1. The summed E-state index contributed by atoms with van der Waals surface area (Å²) < 4.78 is 1.97. The van der Waals surface area contributed by atoms with Crippen molar-refractivity contribution in [3.05, 3.63) is 51.8 Å². The summed E-state index contributed by atoms with van der Waals surface area (Å²) in [6.45, 7) is 2.83. The van der Waals surface area contributed by atoms with Gasteiger partial charge < -0.3 is 4.57 Å². The Morgan fingerprint density at radius 3 is 2.47 bits per heavy atom. The zero-order chi connectivity index (χ0) is 9.97. The number of halogens is 1. The van der Waals surface area contributed by atoms with Crippen LogP contribution in [0.1, 0.15) is 10.4 Å². The lowest BCUT2D eigenvalue weighted by molar-refractivity contribution is 0.757. The Balaban J connectivity index is 0.00000112. The minimum Gasteiger partial charge on any atom is -0.319 e. The summed E-state index contributed by atoms with van der Waals surface area (Å²) in [6.07, 6.45) is 2.03. The monoisotopic (exact) mass is 284 g/mol. The summed E-state index contributed by atoms with van der Waals surface area (Å²) in [5.41, 5.74) is 1.24. The topological polar surface area (TPSA) is 28.8 Å². The molecule has 0 aliphatic carbocycles. The molecule has 0 radical (unpaired) electrons. The predicted molar refractivity (Wildman–Crippen MR) is 68.8 cm³/mol. The largest absolute Gasteiger partial charge is 0.319 e. The third-order valence-electron chi connectivity index (χ3n) is 2.05. The lowest BCUT2D eigenvalue weighted by Gasteiger charge is -2.01. The number of benzene rings is 1. The number of nitrogens with one attached hydrogen (secondary N) is 1. The molecular weight excluding hydrogens is 272 g/mol. The summed E-state index contributed by atoms with van der Waals surface area (Å²) in [6, 6.07) is 10.2. The van der Waals surface area contributed by atoms with Gasteiger partial charge in [-0.05, 0) is 12.5 Å². The molecule has 1 aromatic heterocycles. The molecule has 0 saturated carbocycles. The van der Waals surface area contributed by atoms with E-state index in [2.05, 4.69) is 12.1 Å². The van der Waals surface area contributed by atoms with Crippen LogP contribution in [0.15, 0.2) is 36.5 Å². The molecule has 1 heterocycles. The lowest BCUT2D eigenvalue weighted by atomic mass is 10.2. The van der Waals surface area contributed by atoms with E-state index in [9.17, 15) is 0 Å². The fourth-order valence-corrected chi connectivity index (χ4v) is 2.13. The van der Waals surface area contributed by atoms with Crippen LogP contribution in [-0.2, 0) is 6.54 Å². The SMILES string of the molecule is Br.Cc1cn(Cc2ccccc2)c(=N)s1. The summed E-state index contributed by atoms with van der Waals surface area (Å²) in [4.78, 5) is 1.80. The molecule has 0 bridgehead atoms. The van der Waals surface area contributed by atoms with Crippen molar-refractivity contribution in [2.75, 3.05) is 0 Å². The average Bonchev–Trinajstić information content (AvgIpc) is 2.47. The highest BCUT2D eigenvalue weighted by Crippen LogP contribution is 2.04. The Morgan fingerprint density at radius 2 is 1.93 bits per heavy atom. The molecule has 1 aromatic carbocycles. The van der Waals surface area contributed by atoms with E-state index in [0.29, 0.717) is 4.80 Å². The van der Waals surface area contributed by atoms with Crippen LogP contribution in [0.2, 0.25) is 0 Å². The lowest BCUT2D eigenvalue weighted by Crippen LogP contribution is -2.12. The normalized spacial score (nSPS) is 9.67. The van der Waals surface area contributed by atoms with E-state index in [4.69, 9.17) is 5.41 Å². The summed E-state index contributed by atoms with van der Waals surface area (Å²) >= 11 is 1.52. The maximum Gasteiger partial charge on any atom is 0.182 e. The molecule has 0 unspecified atom stereocenters. The van der Waals surface area contributed by atoms with Crippen LogP contribution in [0.4, 0.5) is 0 Å². The van der Waals surface area contributed by atoms with Crippen molar-refractivity contribution < 1.29 is 0 Å². The van der Waals surface area contributed by atoms with E-state index < -0.39 is 0 Å². The molecule has 2 aromatic rings. The molecule has 0 spiro atoms. The molecule has 0 saturated heterocycles. The van der Waals surface area contributed by atoms with Crippen molar-refractivity contribution >= 4 is 28.3 Å². The molecule has 0 aliphatic rings. The van der Waals surface area contributed by atoms with E-state index >= 15 is 0 Å². The van der Waals surface area contributed by atoms with Crippen molar-refractivity contribution in [1.82, 2.24) is 4.57 Å². The van der Waals surface area contributed by atoms with Gasteiger partial charge in [-0.2, -0.15) is 0 Å². The van der Waals surface area contributed by atoms with E-state index in [1.54, 1.807) is 0 Å².